The molecule has 0 saturated carbocycles. The van der Waals surface area contributed by atoms with E-state index >= 15 is 0 Å². The summed E-state index contributed by atoms with van der Waals surface area (Å²) in [5.74, 6) is -0.0210. The molecular formula is C16H10INOS. The number of aromatic nitrogens is 1. The Morgan fingerprint density at radius 1 is 1.00 bits per heavy atom. The third kappa shape index (κ3) is 2.81. The molecule has 0 amide bonds. The number of carbonyl (C=O) groups excluding carboxylic acids is 1. The zero-order valence-corrected chi connectivity index (χ0v) is 13.4. The highest BCUT2D eigenvalue weighted by Crippen LogP contribution is 2.24. The summed E-state index contributed by atoms with van der Waals surface area (Å²) in [6.07, 6.45) is 0. The van der Waals surface area contributed by atoms with E-state index in [2.05, 4.69) is 27.6 Å². The highest BCUT2D eigenvalue weighted by molar-refractivity contribution is 14.1. The van der Waals surface area contributed by atoms with Crippen molar-refractivity contribution < 1.29 is 4.79 Å². The number of hydrogen-bond acceptors (Lipinski definition) is 3. The van der Waals surface area contributed by atoms with Crippen LogP contribution in [0.25, 0.3) is 11.3 Å². The maximum atomic E-state index is 12.3. The fraction of sp³-hybridized carbons (Fsp3) is 0. The topological polar surface area (TPSA) is 30.0 Å². The van der Waals surface area contributed by atoms with Crippen molar-refractivity contribution >= 4 is 39.7 Å². The standard InChI is InChI=1S/C16H10INOS/c17-13-8-6-11(7-9-13)14-10-20-16(18-14)15(19)12-4-2-1-3-5-12/h1-10H. The minimum absolute atomic E-state index is 0.0210. The van der Waals surface area contributed by atoms with Gasteiger partial charge in [-0.3, -0.25) is 4.79 Å². The van der Waals surface area contributed by atoms with E-state index in [4.69, 9.17) is 0 Å². The molecule has 1 aromatic heterocycles. The summed E-state index contributed by atoms with van der Waals surface area (Å²) in [4.78, 5) is 16.7. The second kappa shape index (κ2) is 5.85. The highest BCUT2D eigenvalue weighted by atomic mass is 127. The number of benzene rings is 2. The Labute approximate surface area is 134 Å². The zero-order chi connectivity index (χ0) is 13.9. The third-order valence-electron chi connectivity index (χ3n) is 2.87. The van der Waals surface area contributed by atoms with Gasteiger partial charge in [-0.1, -0.05) is 42.5 Å². The predicted molar refractivity (Wildman–Crippen MR) is 90.1 cm³/mol. The van der Waals surface area contributed by atoms with Crippen LogP contribution in [0.1, 0.15) is 15.4 Å². The Morgan fingerprint density at radius 3 is 2.40 bits per heavy atom. The van der Waals surface area contributed by atoms with Crippen molar-refractivity contribution in [1.29, 1.82) is 0 Å². The molecule has 0 atom stereocenters. The minimum Gasteiger partial charge on any atom is -0.286 e. The van der Waals surface area contributed by atoms with Crippen LogP contribution in [0.3, 0.4) is 0 Å². The van der Waals surface area contributed by atoms with Crippen molar-refractivity contribution in [3.05, 3.63) is 74.1 Å². The molecule has 1 heterocycles. The highest BCUT2D eigenvalue weighted by Gasteiger charge is 2.13. The van der Waals surface area contributed by atoms with Crippen LogP contribution in [0, 0.1) is 3.57 Å². The molecule has 0 unspecified atom stereocenters. The molecule has 0 aliphatic rings. The quantitative estimate of drug-likeness (QED) is 0.481. The van der Waals surface area contributed by atoms with Crippen LogP contribution in [0.15, 0.2) is 60.0 Å². The van der Waals surface area contributed by atoms with Crippen LogP contribution in [0.2, 0.25) is 0 Å². The van der Waals surface area contributed by atoms with E-state index in [-0.39, 0.29) is 5.78 Å². The van der Waals surface area contributed by atoms with Crippen molar-refractivity contribution in [1.82, 2.24) is 4.98 Å². The molecule has 0 bridgehead atoms. The first-order valence-corrected chi connectivity index (χ1v) is 8.01. The van der Waals surface area contributed by atoms with Gasteiger partial charge >= 0.3 is 0 Å². The van der Waals surface area contributed by atoms with Gasteiger partial charge in [0.2, 0.25) is 5.78 Å². The van der Waals surface area contributed by atoms with E-state index in [1.165, 1.54) is 14.9 Å². The molecule has 98 valence electrons. The fourth-order valence-electron chi connectivity index (χ4n) is 1.84. The van der Waals surface area contributed by atoms with Gasteiger partial charge in [0.25, 0.3) is 0 Å². The Balaban J connectivity index is 1.91. The molecule has 3 rings (SSSR count). The number of rotatable bonds is 3. The maximum absolute atomic E-state index is 12.3. The Hall–Kier alpha value is -1.53. The number of hydrogen-bond donors (Lipinski definition) is 0. The van der Waals surface area contributed by atoms with Crippen molar-refractivity contribution in [3.63, 3.8) is 0 Å². The lowest BCUT2D eigenvalue weighted by atomic mass is 10.1. The largest absolute Gasteiger partial charge is 0.286 e. The van der Waals surface area contributed by atoms with Crippen LogP contribution >= 0.6 is 33.9 Å². The number of carbonyl (C=O) groups is 1. The molecule has 0 spiro atoms. The normalized spacial score (nSPS) is 10.4. The van der Waals surface area contributed by atoms with E-state index in [0.29, 0.717) is 10.6 Å². The Morgan fingerprint density at radius 2 is 1.70 bits per heavy atom. The Bertz CT molecular complexity index is 735. The predicted octanol–water partition coefficient (Wildman–Crippen LogP) is 4.65. The van der Waals surface area contributed by atoms with Gasteiger partial charge in [0.05, 0.1) is 5.69 Å². The maximum Gasteiger partial charge on any atom is 0.221 e. The second-order valence-electron chi connectivity index (χ2n) is 4.24. The molecule has 0 N–H and O–H groups in total. The van der Waals surface area contributed by atoms with Crippen LogP contribution < -0.4 is 0 Å². The number of thiazole rings is 1. The SMILES string of the molecule is O=C(c1ccccc1)c1nc(-c2ccc(I)cc2)cs1. The number of nitrogens with zero attached hydrogens (tertiary/aromatic N) is 1. The summed E-state index contributed by atoms with van der Waals surface area (Å²) in [5, 5.41) is 2.46. The first kappa shape index (κ1) is 13.5. The summed E-state index contributed by atoms with van der Waals surface area (Å²) in [5.41, 5.74) is 2.57. The van der Waals surface area contributed by atoms with Crippen molar-refractivity contribution in [3.8, 4) is 11.3 Å². The van der Waals surface area contributed by atoms with Crippen LogP contribution in [0.4, 0.5) is 0 Å². The van der Waals surface area contributed by atoms with E-state index in [0.717, 1.165) is 11.3 Å². The van der Waals surface area contributed by atoms with Crippen molar-refractivity contribution in [2.75, 3.05) is 0 Å². The number of ketones is 1. The Kier molecular flexibility index (Phi) is 3.93. The molecule has 0 aliphatic heterocycles. The average molecular weight is 391 g/mol. The molecule has 0 radical (unpaired) electrons. The van der Waals surface area contributed by atoms with E-state index < -0.39 is 0 Å². The van der Waals surface area contributed by atoms with Gasteiger partial charge in [-0.2, -0.15) is 0 Å². The summed E-state index contributed by atoms with van der Waals surface area (Å²) in [7, 11) is 0. The molecule has 0 fully saturated rings. The summed E-state index contributed by atoms with van der Waals surface area (Å²) in [6, 6.07) is 17.4. The van der Waals surface area contributed by atoms with Crippen LogP contribution in [-0.2, 0) is 0 Å². The van der Waals surface area contributed by atoms with Gasteiger partial charge in [0, 0.05) is 20.1 Å². The third-order valence-corrected chi connectivity index (χ3v) is 4.43. The molecule has 2 nitrogen and oxygen atoms in total. The van der Waals surface area contributed by atoms with E-state index in [9.17, 15) is 4.79 Å². The van der Waals surface area contributed by atoms with Gasteiger partial charge in [-0.25, -0.2) is 4.98 Å². The van der Waals surface area contributed by atoms with Crippen LogP contribution in [0.5, 0.6) is 0 Å². The zero-order valence-electron chi connectivity index (χ0n) is 10.4. The van der Waals surface area contributed by atoms with Gasteiger partial charge in [0.15, 0.2) is 5.01 Å². The number of halogens is 1. The molecule has 0 aliphatic carbocycles. The average Bonchev–Trinajstić information content (AvgIpc) is 2.98. The van der Waals surface area contributed by atoms with Crippen molar-refractivity contribution in [2.24, 2.45) is 0 Å². The smallest absolute Gasteiger partial charge is 0.221 e. The summed E-state index contributed by atoms with van der Waals surface area (Å²) in [6.45, 7) is 0. The fourth-order valence-corrected chi connectivity index (χ4v) is 2.99. The molecule has 0 saturated heterocycles. The first-order valence-electron chi connectivity index (χ1n) is 6.05. The van der Waals surface area contributed by atoms with Crippen molar-refractivity contribution in [2.45, 2.75) is 0 Å². The molecule has 20 heavy (non-hydrogen) atoms. The molecule has 2 aromatic carbocycles. The minimum atomic E-state index is -0.0210. The summed E-state index contributed by atoms with van der Waals surface area (Å²) >= 11 is 3.66. The van der Waals surface area contributed by atoms with Gasteiger partial charge in [0.1, 0.15) is 0 Å². The summed E-state index contributed by atoms with van der Waals surface area (Å²) < 4.78 is 1.18. The van der Waals surface area contributed by atoms with Gasteiger partial charge in [-0.05, 0) is 34.7 Å². The lowest BCUT2D eigenvalue weighted by molar-refractivity contribution is 0.103. The molecule has 3 aromatic rings. The van der Waals surface area contributed by atoms with E-state index in [1.54, 1.807) is 0 Å². The molecule has 4 heteroatoms. The lowest BCUT2D eigenvalue weighted by Crippen LogP contribution is -1.99. The van der Waals surface area contributed by atoms with Gasteiger partial charge in [-0.15, -0.1) is 11.3 Å². The van der Waals surface area contributed by atoms with E-state index in [1.807, 2.05) is 60.0 Å². The first-order chi connectivity index (χ1) is 9.74. The second-order valence-corrected chi connectivity index (χ2v) is 6.34. The van der Waals surface area contributed by atoms with Gasteiger partial charge < -0.3 is 0 Å². The molecular weight excluding hydrogens is 381 g/mol. The lowest BCUT2D eigenvalue weighted by Gasteiger charge is -1.97. The monoisotopic (exact) mass is 391 g/mol. The van der Waals surface area contributed by atoms with Crippen LogP contribution in [-0.4, -0.2) is 10.8 Å².